The summed E-state index contributed by atoms with van der Waals surface area (Å²) >= 11 is 6.18. The van der Waals surface area contributed by atoms with Crippen LogP contribution in [0.2, 0.25) is 5.02 Å². The molecule has 39 heavy (non-hydrogen) atoms. The maximum Gasteiger partial charge on any atom is 0.181 e. The van der Waals surface area contributed by atoms with Crippen molar-refractivity contribution in [3.05, 3.63) is 76.3 Å². The van der Waals surface area contributed by atoms with Crippen molar-refractivity contribution in [2.75, 3.05) is 40.3 Å². The van der Waals surface area contributed by atoms with Gasteiger partial charge in [-0.25, -0.2) is 9.07 Å². The SMILES string of the molecule is Cc1cc(Cl)ccc1-c1nn(COc2ccc(-c3[nH]ncc3CN(C)CCN)cc2F)cc1CN(C)CCN. The summed E-state index contributed by atoms with van der Waals surface area (Å²) in [7, 11) is 4.00. The molecule has 0 saturated heterocycles. The molecule has 0 saturated carbocycles. The summed E-state index contributed by atoms with van der Waals surface area (Å²) in [5.74, 6) is -0.325. The van der Waals surface area contributed by atoms with Crippen LogP contribution in [0, 0.1) is 12.7 Å². The number of rotatable bonds is 13. The summed E-state index contributed by atoms with van der Waals surface area (Å²) in [6.07, 6.45) is 3.68. The van der Waals surface area contributed by atoms with Gasteiger partial charge >= 0.3 is 0 Å². The first-order valence-corrected chi connectivity index (χ1v) is 13.2. The van der Waals surface area contributed by atoms with Crippen molar-refractivity contribution in [2.24, 2.45) is 11.5 Å². The summed E-state index contributed by atoms with van der Waals surface area (Å²) in [5, 5.41) is 12.6. The van der Waals surface area contributed by atoms with Crippen LogP contribution < -0.4 is 16.2 Å². The monoisotopic (exact) mass is 554 g/mol. The third-order valence-corrected chi connectivity index (χ3v) is 6.71. The van der Waals surface area contributed by atoms with Crippen molar-refractivity contribution < 1.29 is 9.13 Å². The Labute approximate surface area is 233 Å². The molecular formula is C28H36ClFN8O. The number of hydrogen-bond donors (Lipinski definition) is 3. The first kappa shape index (κ1) is 28.7. The lowest BCUT2D eigenvalue weighted by Crippen LogP contribution is -2.25. The Morgan fingerprint density at radius 2 is 1.74 bits per heavy atom. The van der Waals surface area contributed by atoms with E-state index in [1.54, 1.807) is 16.9 Å². The molecule has 2 heterocycles. The van der Waals surface area contributed by atoms with E-state index in [0.717, 1.165) is 46.7 Å². The van der Waals surface area contributed by atoms with Crippen LogP contribution >= 0.6 is 11.6 Å². The Kier molecular flexibility index (Phi) is 9.71. The van der Waals surface area contributed by atoms with E-state index in [-0.39, 0.29) is 12.5 Å². The first-order valence-electron chi connectivity index (χ1n) is 12.8. The number of ether oxygens (including phenoxy) is 1. The molecule has 5 N–H and O–H groups in total. The smallest absolute Gasteiger partial charge is 0.181 e. The van der Waals surface area contributed by atoms with Crippen molar-refractivity contribution in [1.82, 2.24) is 29.8 Å². The van der Waals surface area contributed by atoms with E-state index in [4.69, 9.17) is 32.9 Å². The number of benzene rings is 2. The molecule has 0 aliphatic carbocycles. The second kappa shape index (κ2) is 13.2. The van der Waals surface area contributed by atoms with Crippen molar-refractivity contribution in [2.45, 2.75) is 26.7 Å². The van der Waals surface area contributed by atoms with Gasteiger partial charge in [0.15, 0.2) is 18.3 Å². The van der Waals surface area contributed by atoms with Crippen LogP contribution in [0.15, 0.2) is 48.8 Å². The van der Waals surface area contributed by atoms with Gasteiger partial charge in [-0.3, -0.25) is 5.10 Å². The number of likely N-dealkylation sites (N-methyl/N-ethyl adjacent to an activating group) is 2. The summed E-state index contributed by atoms with van der Waals surface area (Å²) in [4.78, 5) is 4.22. The molecule has 2 aromatic carbocycles. The number of nitrogens with two attached hydrogens (primary N) is 2. The molecule has 0 spiro atoms. The van der Waals surface area contributed by atoms with Gasteiger partial charge in [-0.1, -0.05) is 17.7 Å². The molecule has 0 bridgehead atoms. The summed E-state index contributed by atoms with van der Waals surface area (Å²) in [5.41, 5.74) is 17.7. The van der Waals surface area contributed by atoms with Gasteiger partial charge in [0.25, 0.3) is 0 Å². The fraction of sp³-hybridized carbons (Fsp3) is 0.357. The number of nitrogens with one attached hydrogen (secondary N) is 1. The van der Waals surface area contributed by atoms with E-state index in [9.17, 15) is 0 Å². The summed E-state index contributed by atoms with van der Waals surface area (Å²) < 4.78 is 22.6. The number of H-pyrrole nitrogens is 1. The predicted molar refractivity (Wildman–Crippen MR) is 153 cm³/mol. The number of nitrogens with zero attached hydrogens (tertiary/aromatic N) is 5. The highest BCUT2D eigenvalue weighted by molar-refractivity contribution is 6.30. The molecule has 208 valence electrons. The van der Waals surface area contributed by atoms with Gasteiger partial charge in [0.1, 0.15) is 0 Å². The van der Waals surface area contributed by atoms with Gasteiger partial charge in [0.2, 0.25) is 0 Å². The van der Waals surface area contributed by atoms with E-state index < -0.39 is 5.82 Å². The van der Waals surface area contributed by atoms with E-state index >= 15 is 4.39 Å². The molecule has 0 radical (unpaired) electrons. The Morgan fingerprint density at radius 1 is 1.03 bits per heavy atom. The van der Waals surface area contributed by atoms with Gasteiger partial charge in [-0.2, -0.15) is 10.2 Å². The van der Waals surface area contributed by atoms with Crippen molar-refractivity contribution in [1.29, 1.82) is 0 Å². The lowest BCUT2D eigenvalue weighted by atomic mass is 10.0. The molecule has 0 aliphatic rings. The minimum Gasteiger partial charge on any atom is -0.468 e. The van der Waals surface area contributed by atoms with Gasteiger partial charge < -0.3 is 26.0 Å². The molecule has 0 aliphatic heterocycles. The maximum absolute atomic E-state index is 15.1. The van der Waals surface area contributed by atoms with Crippen LogP contribution in [0.25, 0.3) is 22.5 Å². The van der Waals surface area contributed by atoms with E-state index in [0.29, 0.717) is 36.8 Å². The maximum atomic E-state index is 15.1. The second-order valence-electron chi connectivity index (χ2n) is 9.74. The lowest BCUT2D eigenvalue weighted by molar-refractivity contribution is 0.211. The highest BCUT2D eigenvalue weighted by Crippen LogP contribution is 2.30. The highest BCUT2D eigenvalue weighted by atomic mass is 35.5. The summed E-state index contributed by atoms with van der Waals surface area (Å²) in [6, 6.07) is 10.6. The molecule has 4 aromatic rings. The van der Waals surface area contributed by atoms with E-state index in [1.807, 2.05) is 51.5 Å². The molecule has 11 heteroatoms. The molecule has 0 unspecified atom stereocenters. The Morgan fingerprint density at radius 3 is 2.41 bits per heavy atom. The van der Waals surface area contributed by atoms with Gasteiger partial charge in [0.05, 0.1) is 17.6 Å². The van der Waals surface area contributed by atoms with Gasteiger partial charge in [-0.05, 0) is 56.9 Å². The fourth-order valence-corrected chi connectivity index (χ4v) is 4.76. The van der Waals surface area contributed by atoms with Crippen LogP contribution in [-0.2, 0) is 19.8 Å². The first-order chi connectivity index (χ1) is 18.8. The van der Waals surface area contributed by atoms with Crippen LogP contribution in [0.1, 0.15) is 16.7 Å². The minimum atomic E-state index is -0.466. The average Bonchev–Trinajstić information content (AvgIpc) is 3.50. The highest BCUT2D eigenvalue weighted by Gasteiger charge is 2.17. The van der Waals surface area contributed by atoms with E-state index in [2.05, 4.69) is 20.0 Å². The number of aromatic nitrogens is 4. The molecule has 0 atom stereocenters. The van der Waals surface area contributed by atoms with Crippen LogP contribution in [0.4, 0.5) is 4.39 Å². The second-order valence-corrected chi connectivity index (χ2v) is 10.2. The zero-order valence-corrected chi connectivity index (χ0v) is 23.4. The molecule has 0 amide bonds. The average molecular weight is 555 g/mol. The quantitative estimate of drug-likeness (QED) is 0.230. The summed E-state index contributed by atoms with van der Waals surface area (Å²) in [6.45, 7) is 5.99. The van der Waals surface area contributed by atoms with Crippen LogP contribution in [-0.4, -0.2) is 70.1 Å². The normalized spacial score (nSPS) is 11.6. The van der Waals surface area contributed by atoms with Gasteiger partial charge in [0, 0.05) is 72.7 Å². The lowest BCUT2D eigenvalue weighted by Gasteiger charge is -2.15. The Hall–Kier alpha value is -3.28. The largest absolute Gasteiger partial charge is 0.468 e. The molecule has 2 aromatic heterocycles. The predicted octanol–water partition coefficient (Wildman–Crippen LogP) is 3.86. The van der Waals surface area contributed by atoms with Crippen molar-refractivity contribution >= 4 is 11.6 Å². The third-order valence-electron chi connectivity index (χ3n) is 6.47. The Balaban J connectivity index is 1.52. The fourth-order valence-electron chi connectivity index (χ4n) is 4.53. The number of aryl methyl sites for hydroxylation is 1. The topological polar surface area (TPSA) is 114 Å². The standard InChI is InChI=1S/C28H36ClFN8O/c1-19-12-23(29)5-6-24(19)28-22(16-37(3)11-9-32)17-38(35-28)18-39-26-7-4-20(13-25(26)30)27-21(14-33-34-27)15-36(2)10-8-31/h4-7,12-14,17H,8-11,15-16,18,31-32H2,1-3H3,(H,33,34). The number of aromatic amines is 1. The molecule has 9 nitrogen and oxygen atoms in total. The molecule has 0 fully saturated rings. The number of hydrogen-bond acceptors (Lipinski definition) is 7. The van der Waals surface area contributed by atoms with Crippen LogP contribution in [0.3, 0.4) is 0 Å². The third kappa shape index (κ3) is 7.23. The van der Waals surface area contributed by atoms with E-state index in [1.165, 1.54) is 6.07 Å². The molecular weight excluding hydrogens is 519 g/mol. The van der Waals surface area contributed by atoms with Crippen LogP contribution in [0.5, 0.6) is 5.75 Å². The Bertz CT molecular complexity index is 1390. The zero-order chi connectivity index (χ0) is 27.9. The minimum absolute atomic E-state index is 0.0513. The van der Waals surface area contributed by atoms with Gasteiger partial charge in [-0.15, -0.1) is 0 Å². The molecule has 4 rings (SSSR count). The van der Waals surface area contributed by atoms with Crippen molar-refractivity contribution in [3.63, 3.8) is 0 Å². The zero-order valence-electron chi connectivity index (χ0n) is 22.6. The number of halogens is 2. The van der Waals surface area contributed by atoms with Crippen molar-refractivity contribution in [3.8, 4) is 28.3 Å².